The molecule has 1 heterocycles. The van der Waals surface area contributed by atoms with Gasteiger partial charge in [0.05, 0.1) is 12.3 Å². The minimum atomic E-state index is 0.375. The average molecular weight is 239 g/mol. The van der Waals surface area contributed by atoms with Crippen LogP contribution < -0.4 is 5.32 Å². The molecule has 0 aliphatic heterocycles. The summed E-state index contributed by atoms with van der Waals surface area (Å²) in [7, 11) is 3.76. The smallest absolute Gasteiger partial charge is 0.0624 e. The fraction of sp³-hybridized carbons (Fsp3) is 0.769. The number of aryl methyl sites for hydroxylation is 2. The maximum absolute atomic E-state index is 5.25. The predicted octanol–water partition coefficient (Wildman–Crippen LogP) is 1.54. The van der Waals surface area contributed by atoms with Crippen molar-refractivity contribution in [2.24, 2.45) is 7.05 Å². The molecule has 1 N–H and O–H groups in total. The van der Waals surface area contributed by atoms with Gasteiger partial charge >= 0.3 is 0 Å². The summed E-state index contributed by atoms with van der Waals surface area (Å²) in [5.74, 6) is 0. The SMILES string of the molecule is CCCNC(COC)Cc1cc(CC)nn1C. The van der Waals surface area contributed by atoms with E-state index in [1.807, 2.05) is 11.7 Å². The number of ether oxygens (including phenoxy) is 1. The molecule has 1 rings (SSSR count). The van der Waals surface area contributed by atoms with E-state index in [1.54, 1.807) is 7.11 Å². The highest BCUT2D eigenvalue weighted by molar-refractivity contribution is 5.11. The number of methoxy groups -OCH3 is 1. The van der Waals surface area contributed by atoms with Crippen molar-refractivity contribution in [3.63, 3.8) is 0 Å². The summed E-state index contributed by atoms with van der Waals surface area (Å²) in [6.07, 6.45) is 3.11. The Morgan fingerprint density at radius 2 is 2.24 bits per heavy atom. The van der Waals surface area contributed by atoms with Crippen LogP contribution in [0.1, 0.15) is 31.7 Å². The molecule has 1 atom stereocenters. The van der Waals surface area contributed by atoms with Crippen LogP contribution in [-0.2, 0) is 24.6 Å². The number of aromatic nitrogens is 2. The third-order valence-corrected chi connectivity index (χ3v) is 2.90. The normalized spacial score (nSPS) is 12.9. The lowest BCUT2D eigenvalue weighted by Crippen LogP contribution is -2.36. The molecule has 0 fully saturated rings. The number of hydrogen-bond acceptors (Lipinski definition) is 3. The lowest BCUT2D eigenvalue weighted by atomic mass is 10.1. The first-order chi connectivity index (χ1) is 8.21. The standard InChI is InChI=1S/C13H25N3O/c1-5-7-14-12(10-17-4)9-13-8-11(6-2)15-16(13)3/h8,12,14H,5-7,9-10H2,1-4H3. The van der Waals surface area contributed by atoms with Gasteiger partial charge in [-0.15, -0.1) is 0 Å². The molecule has 1 aromatic rings. The second-order valence-electron chi connectivity index (χ2n) is 4.41. The zero-order valence-corrected chi connectivity index (χ0v) is 11.5. The molecule has 0 aromatic carbocycles. The van der Waals surface area contributed by atoms with E-state index in [9.17, 15) is 0 Å². The third kappa shape index (κ3) is 4.48. The molecule has 0 saturated heterocycles. The molecular formula is C13H25N3O. The van der Waals surface area contributed by atoms with E-state index >= 15 is 0 Å². The lowest BCUT2D eigenvalue weighted by molar-refractivity contribution is 0.165. The van der Waals surface area contributed by atoms with Crippen molar-refractivity contribution in [1.29, 1.82) is 0 Å². The van der Waals surface area contributed by atoms with Crippen LogP contribution in [0.25, 0.3) is 0 Å². The van der Waals surface area contributed by atoms with Crippen molar-refractivity contribution in [3.05, 3.63) is 17.5 Å². The quantitative estimate of drug-likeness (QED) is 0.748. The van der Waals surface area contributed by atoms with Gasteiger partial charge in [-0.2, -0.15) is 5.10 Å². The highest BCUT2D eigenvalue weighted by Gasteiger charge is 2.12. The number of nitrogens with one attached hydrogen (secondary N) is 1. The van der Waals surface area contributed by atoms with Gasteiger partial charge in [0, 0.05) is 32.3 Å². The molecule has 0 radical (unpaired) electrons. The van der Waals surface area contributed by atoms with Gasteiger partial charge in [0.1, 0.15) is 0 Å². The topological polar surface area (TPSA) is 39.1 Å². The molecule has 0 amide bonds. The first-order valence-electron chi connectivity index (χ1n) is 6.45. The van der Waals surface area contributed by atoms with Gasteiger partial charge in [-0.3, -0.25) is 4.68 Å². The van der Waals surface area contributed by atoms with Crippen molar-refractivity contribution < 1.29 is 4.74 Å². The Bertz CT molecular complexity index is 322. The molecule has 0 aliphatic rings. The van der Waals surface area contributed by atoms with Crippen molar-refractivity contribution in [2.75, 3.05) is 20.3 Å². The largest absolute Gasteiger partial charge is 0.383 e. The molecule has 17 heavy (non-hydrogen) atoms. The molecule has 0 aliphatic carbocycles. The van der Waals surface area contributed by atoms with Gasteiger partial charge in [-0.05, 0) is 25.5 Å². The minimum Gasteiger partial charge on any atom is -0.383 e. The predicted molar refractivity (Wildman–Crippen MR) is 70.2 cm³/mol. The van der Waals surface area contributed by atoms with Crippen LogP contribution in [0.2, 0.25) is 0 Å². The maximum Gasteiger partial charge on any atom is 0.0624 e. The van der Waals surface area contributed by atoms with Gasteiger partial charge in [0.25, 0.3) is 0 Å². The first-order valence-corrected chi connectivity index (χ1v) is 6.45. The number of hydrogen-bond donors (Lipinski definition) is 1. The van der Waals surface area contributed by atoms with E-state index < -0.39 is 0 Å². The molecule has 0 saturated carbocycles. The average Bonchev–Trinajstić information content (AvgIpc) is 2.67. The molecule has 4 heteroatoms. The van der Waals surface area contributed by atoms with E-state index in [0.29, 0.717) is 6.04 Å². The number of rotatable bonds is 8. The van der Waals surface area contributed by atoms with Crippen LogP contribution in [0.3, 0.4) is 0 Å². The van der Waals surface area contributed by atoms with Crippen molar-refractivity contribution >= 4 is 0 Å². The summed E-state index contributed by atoms with van der Waals surface area (Å²) in [6.45, 7) is 6.09. The van der Waals surface area contributed by atoms with E-state index in [1.165, 1.54) is 5.69 Å². The van der Waals surface area contributed by atoms with E-state index in [0.717, 1.165) is 38.1 Å². The third-order valence-electron chi connectivity index (χ3n) is 2.90. The van der Waals surface area contributed by atoms with Crippen LogP contribution in [-0.4, -0.2) is 36.1 Å². The van der Waals surface area contributed by atoms with Crippen molar-refractivity contribution in [2.45, 2.75) is 39.2 Å². The fourth-order valence-corrected chi connectivity index (χ4v) is 1.93. The van der Waals surface area contributed by atoms with Crippen LogP contribution in [0, 0.1) is 0 Å². The van der Waals surface area contributed by atoms with Gasteiger partial charge in [0.15, 0.2) is 0 Å². The second kappa shape index (κ2) is 7.45. The van der Waals surface area contributed by atoms with E-state index in [-0.39, 0.29) is 0 Å². The molecule has 1 unspecified atom stereocenters. The molecule has 4 nitrogen and oxygen atoms in total. The summed E-state index contributed by atoms with van der Waals surface area (Å²) in [6, 6.07) is 2.57. The summed E-state index contributed by atoms with van der Waals surface area (Å²) in [5.41, 5.74) is 2.43. The Morgan fingerprint density at radius 1 is 1.47 bits per heavy atom. The van der Waals surface area contributed by atoms with Crippen LogP contribution in [0.5, 0.6) is 0 Å². The Hall–Kier alpha value is -0.870. The summed E-state index contributed by atoms with van der Waals surface area (Å²) in [5, 5.41) is 7.98. The Balaban J connectivity index is 2.60. The highest BCUT2D eigenvalue weighted by Crippen LogP contribution is 2.07. The van der Waals surface area contributed by atoms with Gasteiger partial charge < -0.3 is 10.1 Å². The molecule has 0 bridgehead atoms. The van der Waals surface area contributed by atoms with Crippen LogP contribution in [0.15, 0.2) is 6.07 Å². The van der Waals surface area contributed by atoms with Crippen LogP contribution >= 0.6 is 0 Å². The Labute approximate surface area is 104 Å². The minimum absolute atomic E-state index is 0.375. The van der Waals surface area contributed by atoms with Crippen LogP contribution in [0.4, 0.5) is 0 Å². The van der Waals surface area contributed by atoms with Crippen molar-refractivity contribution in [3.8, 4) is 0 Å². The van der Waals surface area contributed by atoms with E-state index in [2.05, 4.69) is 30.3 Å². The summed E-state index contributed by atoms with van der Waals surface area (Å²) in [4.78, 5) is 0. The lowest BCUT2D eigenvalue weighted by Gasteiger charge is -2.17. The fourth-order valence-electron chi connectivity index (χ4n) is 1.93. The number of nitrogens with zero attached hydrogens (tertiary/aromatic N) is 2. The first kappa shape index (κ1) is 14.2. The molecule has 0 spiro atoms. The van der Waals surface area contributed by atoms with E-state index in [4.69, 9.17) is 4.74 Å². The zero-order valence-electron chi connectivity index (χ0n) is 11.5. The Kier molecular flexibility index (Phi) is 6.22. The van der Waals surface area contributed by atoms with Gasteiger partial charge in [0.2, 0.25) is 0 Å². The maximum atomic E-state index is 5.25. The molecular weight excluding hydrogens is 214 g/mol. The van der Waals surface area contributed by atoms with Gasteiger partial charge in [-0.1, -0.05) is 13.8 Å². The van der Waals surface area contributed by atoms with Gasteiger partial charge in [-0.25, -0.2) is 0 Å². The summed E-state index contributed by atoms with van der Waals surface area (Å²) < 4.78 is 7.24. The zero-order chi connectivity index (χ0) is 12.7. The second-order valence-corrected chi connectivity index (χ2v) is 4.41. The Morgan fingerprint density at radius 3 is 2.76 bits per heavy atom. The molecule has 1 aromatic heterocycles. The van der Waals surface area contributed by atoms with Crippen molar-refractivity contribution in [1.82, 2.24) is 15.1 Å². The molecule has 98 valence electrons. The highest BCUT2D eigenvalue weighted by atomic mass is 16.5. The monoisotopic (exact) mass is 239 g/mol. The summed E-state index contributed by atoms with van der Waals surface area (Å²) >= 11 is 0.